The molecule has 0 fully saturated rings. The van der Waals surface area contributed by atoms with Crippen molar-refractivity contribution in [2.24, 2.45) is 0 Å². The number of pyridine rings is 1. The maximum absolute atomic E-state index is 6.14. The minimum Gasteiger partial charge on any atom is -0.487 e. The quantitative estimate of drug-likeness (QED) is 0.554. The standard InChI is InChI=1S/C19H15Cl2NO2/c1-13-5-2-3-8-17(13)24-18-10-9-15(11-22-18)23-12-14-6-4-7-16(20)19(14)21/h2-11H,12H2,1H3. The third-order valence-corrected chi connectivity index (χ3v) is 4.30. The molecule has 0 saturated heterocycles. The second-order valence-electron chi connectivity index (χ2n) is 5.20. The van der Waals surface area contributed by atoms with Crippen LogP contribution in [0.4, 0.5) is 0 Å². The molecule has 3 rings (SSSR count). The summed E-state index contributed by atoms with van der Waals surface area (Å²) in [7, 11) is 0. The summed E-state index contributed by atoms with van der Waals surface area (Å²) in [4.78, 5) is 4.26. The smallest absolute Gasteiger partial charge is 0.219 e. The van der Waals surface area contributed by atoms with Gasteiger partial charge in [0.1, 0.15) is 18.1 Å². The number of para-hydroxylation sites is 1. The van der Waals surface area contributed by atoms with Crippen molar-refractivity contribution in [3.63, 3.8) is 0 Å². The van der Waals surface area contributed by atoms with Crippen LogP contribution in [0.5, 0.6) is 17.4 Å². The van der Waals surface area contributed by atoms with Crippen LogP contribution < -0.4 is 9.47 Å². The third kappa shape index (κ3) is 3.99. The van der Waals surface area contributed by atoms with E-state index in [0.717, 1.165) is 16.9 Å². The Kier molecular flexibility index (Phi) is 5.24. The van der Waals surface area contributed by atoms with Crippen molar-refractivity contribution >= 4 is 23.2 Å². The molecule has 2 aromatic carbocycles. The van der Waals surface area contributed by atoms with Crippen molar-refractivity contribution in [3.05, 3.63) is 82.0 Å². The Balaban J connectivity index is 1.64. The molecule has 122 valence electrons. The number of hydrogen-bond acceptors (Lipinski definition) is 3. The van der Waals surface area contributed by atoms with Crippen molar-refractivity contribution in [2.45, 2.75) is 13.5 Å². The second kappa shape index (κ2) is 7.56. The van der Waals surface area contributed by atoms with Crippen LogP contribution in [0, 0.1) is 6.92 Å². The monoisotopic (exact) mass is 359 g/mol. The predicted octanol–water partition coefficient (Wildman–Crippen LogP) is 6.07. The zero-order valence-corrected chi connectivity index (χ0v) is 14.5. The summed E-state index contributed by atoms with van der Waals surface area (Å²) >= 11 is 12.1. The summed E-state index contributed by atoms with van der Waals surface area (Å²) in [6.45, 7) is 2.31. The van der Waals surface area contributed by atoms with Gasteiger partial charge in [-0.15, -0.1) is 0 Å². The number of rotatable bonds is 5. The molecule has 0 amide bonds. The lowest BCUT2D eigenvalue weighted by Crippen LogP contribution is -1.97. The molecule has 5 heteroatoms. The molecular weight excluding hydrogens is 345 g/mol. The fraction of sp³-hybridized carbons (Fsp3) is 0.105. The van der Waals surface area contributed by atoms with E-state index in [2.05, 4.69) is 4.98 Å². The lowest BCUT2D eigenvalue weighted by atomic mass is 10.2. The number of halogens is 2. The summed E-state index contributed by atoms with van der Waals surface area (Å²) in [5.41, 5.74) is 1.87. The molecular formula is C19H15Cl2NO2. The first-order valence-corrected chi connectivity index (χ1v) is 8.14. The highest BCUT2D eigenvalue weighted by Crippen LogP contribution is 2.27. The molecule has 0 aliphatic carbocycles. The topological polar surface area (TPSA) is 31.4 Å². The van der Waals surface area contributed by atoms with Gasteiger partial charge in [0.15, 0.2) is 0 Å². The summed E-state index contributed by atoms with van der Waals surface area (Å²) in [5.74, 6) is 1.92. The molecule has 0 radical (unpaired) electrons. The Labute approximate surface area is 150 Å². The first kappa shape index (κ1) is 16.6. The highest BCUT2D eigenvalue weighted by atomic mass is 35.5. The van der Waals surface area contributed by atoms with Crippen LogP contribution in [-0.2, 0) is 6.61 Å². The molecule has 1 aromatic heterocycles. The summed E-state index contributed by atoms with van der Waals surface area (Å²) in [6.07, 6.45) is 1.62. The third-order valence-electron chi connectivity index (χ3n) is 3.44. The molecule has 3 aromatic rings. The van der Waals surface area contributed by atoms with Gasteiger partial charge in [0.05, 0.1) is 16.2 Å². The van der Waals surface area contributed by atoms with Crippen LogP contribution >= 0.6 is 23.2 Å². The Morgan fingerprint density at radius 3 is 2.54 bits per heavy atom. The van der Waals surface area contributed by atoms with E-state index in [1.54, 1.807) is 24.4 Å². The summed E-state index contributed by atoms with van der Waals surface area (Å²) in [5, 5.41) is 1.02. The fourth-order valence-electron chi connectivity index (χ4n) is 2.12. The van der Waals surface area contributed by atoms with Gasteiger partial charge in [-0.1, -0.05) is 53.5 Å². The number of benzene rings is 2. The summed E-state index contributed by atoms with van der Waals surface area (Å²) < 4.78 is 11.5. The van der Waals surface area contributed by atoms with E-state index in [1.807, 2.05) is 43.3 Å². The molecule has 0 aliphatic rings. The molecule has 0 N–H and O–H groups in total. The molecule has 0 unspecified atom stereocenters. The van der Waals surface area contributed by atoms with E-state index in [4.69, 9.17) is 32.7 Å². The Morgan fingerprint density at radius 2 is 1.79 bits per heavy atom. The van der Waals surface area contributed by atoms with E-state index >= 15 is 0 Å². The minimum atomic E-state index is 0.319. The van der Waals surface area contributed by atoms with Gasteiger partial charge in [-0.2, -0.15) is 0 Å². The molecule has 0 aliphatic heterocycles. The SMILES string of the molecule is Cc1ccccc1Oc1ccc(OCc2cccc(Cl)c2Cl)cn1. The molecule has 0 atom stereocenters. The molecule has 3 nitrogen and oxygen atoms in total. The lowest BCUT2D eigenvalue weighted by Gasteiger charge is -2.10. The Bertz CT molecular complexity index is 835. The molecule has 0 bridgehead atoms. The molecule has 0 spiro atoms. The highest BCUT2D eigenvalue weighted by molar-refractivity contribution is 6.42. The van der Waals surface area contributed by atoms with Crippen LogP contribution in [0.25, 0.3) is 0 Å². The Morgan fingerprint density at radius 1 is 0.958 bits per heavy atom. The average molecular weight is 360 g/mol. The van der Waals surface area contributed by atoms with Gasteiger partial charge in [-0.05, 0) is 30.7 Å². The normalized spacial score (nSPS) is 10.5. The van der Waals surface area contributed by atoms with Crippen molar-refractivity contribution in [2.75, 3.05) is 0 Å². The first-order chi connectivity index (χ1) is 11.6. The number of aryl methyl sites for hydroxylation is 1. The van der Waals surface area contributed by atoms with Gasteiger partial charge in [0.25, 0.3) is 0 Å². The van der Waals surface area contributed by atoms with Crippen molar-refractivity contribution in [1.82, 2.24) is 4.98 Å². The van der Waals surface area contributed by atoms with E-state index in [9.17, 15) is 0 Å². The molecule has 24 heavy (non-hydrogen) atoms. The van der Waals surface area contributed by atoms with Crippen molar-refractivity contribution in [1.29, 1.82) is 0 Å². The lowest BCUT2D eigenvalue weighted by molar-refractivity contribution is 0.304. The number of aromatic nitrogens is 1. The number of hydrogen-bond donors (Lipinski definition) is 0. The maximum Gasteiger partial charge on any atom is 0.219 e. The van der Waals surface area contributed by atoms with Crippen LogP contribution in [0.2, 0.25) is 10.0 Å². The molecule has 0 saturated carbocycles. The van der Waals surface area contributed by atoms with E-state index in [1.165, 1.54) is 0 Å². The summed E-state index contributed by atoms with van der Waals surface area (Å²) in [6, 6.07) is 16.8. The van der Waals surface area contributed by atoms with Gasteiger partial charge < -0.3 is 9.47 Å². The van der Waals surface area contributed by atoms with E-state index < -0.39 is 0 Å². The van der Waals surface area contributed by atoms with Crippen molar-refractivity contribution < 1.29 is 9.47 Å². The number of ether oxygens (including phenoxy) is 2. The zero-order chi connectivity index (χ0) is 16.9. The first-order valence-electron chi connectivity index (χ1n) is 7.39. The minimum absolute atomic E-state index is 0.319. The van der Waals surface area contributed by atoms with E-state index in [0.29, 0.717) is 28.3 Å². The predicted molar refractivity (Wildman–Crippen MR) is 96.3 cm³/mol. The highest BCUT2D eigenvalue weighted by Gasteiger charge is 2.06. The van der Waals surface area contributed by atoms with Crippen molar-refractivity contribution in [3.8, 4) is 17.4 Å². The van der Waals surface area contributed by atoms with Gasteiger partial charge >= 0.3 is 0 Å². The zero-order valence-electron chi connectivity index (χ0n) is 13.0. The van der Waals surface area contributed by atoms with Crippen LogP contribution in [0.15, 0.2) is 60.8 Å². The van der Waals surface area contributed by atoms with Gasteiger partial charge in [0, 0.05) is 11.6 Å². The van der Waals surface area contributed by atoms with E-state index in [-0.39, 0.29) is 0 Å². The average Bonchev–Trinajstić information content (AvgIpc) is 2.59. The van der Waals surface area contributed by atoms with Gasteiger partial charge in [-0.3, -0.25) is 0 Å². The fourth-order valence-corrected chi connectivity index (χ4v) is 2.49. The largest absolute Gasteiger partial charge is 0.487 e. The van der Waals surface area contributed by atoms with Crippen LogP contribution in [0.3, 0.4) is 0 Å². The molecule has 1 heterocycles. The number of nitrogens with zero attached hydrogens (tertiary/aromatic N) is 1. The Hall–Kier alpha value is -2.23. The van der Waals surface area contributed by atoms with Crippen LogP contribution in [0.1, 0.15) is 11.1 Å². The van der Waals surface area contributed by atoms with Gasteiger partial charge in [-0.25, -0.2) is 4.98 Å². The van der Waals surface area contributed by atoms with Gasteiger partial charge in [0.2, 0.25) is 5.88 Å². The maximum atomic E-state index is 6.14. The second-order valence-corrected chi connectivity index (χ2v) is 5.99. The van der Waals surface area contributed by atoms with Crippen LogP contribution in [-0.4, -0.2) is 4.98 Å².